The molecule has 0 saturated carbocycles. The van der Waals surface area contributed by atoms with Gasteiger partial charge in [-0.3, -0.25) is 4.79 Å². The summed E-state index contributed by atoms with van der Waals surface area (Å²) in [5.74, 6) is -0.577. The van der Waals surface area contributed by atoms with Crippen LogP contribution in [0.5, 0.6) is 0 Å². The predicted octanol–water partition coefficient (Wildman–Crippen LogP) is -0.0668. The van der Waals surface area contributed by atoms with E-state index in [1.54, 1.807) is 6.92 Å². The van der Waals surface area contributed by atoms with Gasteiger partial charge < -0.3 is 14.8 Å². The van der Waals surface area contributed by atoms with Crippen molar-refractivity contribution >= 4 is 15.7 Å². The van der Waals surface area contributed by atoms with E-state index in [1.165, 1.54) is 28.1 Å². The fraction of sp³-hybridized carbons (Fsp3) is 0.900. The number of hydrogen-bond acceptors (Lipinski definition) is 5. The summed E-state index contributed by atoms with van der Waals surface area (Å²) in [5.41, 5.74) is 0. The summed E-state index contributed by atoms with van der Waals surface area (Å²) >= 11 is 0. The normalized spacial score (nSPS) is 14.8. The van der Waals surface area contributed by atoms with Gasteiger partial charge in [0.1, 0.15) is 4.75 Å². The van der Waals surface area contributed by atoms with E-state index in [4.69, 9.17) is 9.47 Å². The van der Waals surface area contributed by atoms with Crippen molar-refractivity contribution in [3.05, 3.63) is 0 Å². The lowest BCUT2D eigenvalue weighted by Crippen LogP contribution is -2.53. The van der Waals surface area contributed by atoms with Crippen LogP contribution in [0.2, 0.25) is 0 Å². The second kappa shape index (κ2) is 5.79. The molecule has 0 aromatic heterocycles. The van der Waals surface area contributed by atoms with Gasteiger partial charge in [-0.05, 0) is 20.8 Å². The average Bonchev–Trinajstić information content (AvgIpc) is 2.17. The van der Waals surface area contributed by atoms with E-state index in [0.717, 1.165) is 6.26 Å². The molecule has 0 aliphatic heterocycles. The summed E-state index contributed by atoms with van der Waals surface area (Å²) in [6.45, 7) is 4.39. The first-order chi connectivity index (χ1) is 7.57. The molecule has 0 bridgehead atoms. The minimum absolute atomic E-state index is 0.446. The second-order valence-corrected chi connectivity index (χ2v) is 6.95. The van der Waals surface area contributed by atoms with Crippen molar-refractivity contribution in [1.82, 2.24) is 5.32 Å². The number of nitrogens with one attached hydrogen (secondary N) is 1. The second-order valence-electron chi connectivity index (χ2n) is 4.38. The zero-order valence-corrected chi connectivity index (χ0v) is 11.9. The molecule has 6 nitrogen and oxygen atoms in total. The van der Waals surface area contributed by atoms with Crippen LogP contribution in [-0.4, -0.2) is 51.9 Å². The Kier molecular flexibility index (Phi) is 5.57. The largest absolute Gasteiger partial charge is 0.354 e. The summed E-state index contributed by atoms with van der Waals surface area (Å²) in [4.78, 5) is 11.9. The molecule has 0 heterocycles. The zero-order chi connectivity index (χ0) is 13.9. The molecule has 1 amide bonds. The molecule has 0 spiro atoms. The van der Waals surface area contributed by atoms with Gasteiger partial charge in [0.15, 0.2) is 16.1 Å². The molecule has 0 aromatic carbocycles. The van der Waals surface area contributed by atoms with Crippen LogP contribution in [0.15, 0.2) is 0 Å². The Morgan fingerprint density at radius 1 is 1.24 bits per heavy atom. The standard InChI is InChI=1S/C10H21NO5S/c1-7(8(15-4)16-5)11-9(12)10(2,3)17(6,13)14/h7-8H,1-6H3,(H,11,12). The summed E-state index contributed by atoms with van der Waals surface area (Å²) in [7, 11) is -0.594. The van der Waals surface area contributed by atoms with E-state index in [0.29, 0.717) is 0 Å². The van der Waals surface area contributed by atoms with Crippen LogP contribution < -0.4 is 5.32 Å². The lowest BCUT2D eigenvalue weighted by Gasteiger charge is -2.27. The highest BCUT2D eigenvalue weighted by molar-refractivity contribution is 7.92. The molecule has 7 heteroatoms. The van der Waals surface area contributed by atoms with Crippen LogP contribution in [0.3, 0.4) is 0 Å². The minimum Gasteiger partial charge on any atom is -0.354 e. The maximum absolute atomic E-state index is 11.9. The van der Waals surface area contributed by atoms with Crippen LogP contribution in [-0.2, 0) is 24.1 Å². The van der Waals surface area contributed by atoms with Crippen LogP contribution in [0.4, 0.5) is 0 Å². The molecule has 1 atom stereocenters. The molecule has 1 unspecified atom stereocenters. The van der Waals surface area contributed by atoms with E-state index in [1.807, 2.05) is 0 Å². The monoisotopic (exact) mass is 267 g/mol. The third-order valence-electron chi connectivity index (χ3n) is 2.71. The molecule has 0 radical (unpaired) electrons. The molecule has 0 rings (SSSR count). The van der Waals surface area contributed by atoms with Gasteiger partial charge in [-0.25, -0.2) is 8.42 Å². The zero-order valence-electron chi connectivity index (χ0n) is 11.1. The van der Waals surface area contributed by atoms with Crippen molar-refractivity contribution in [3.63, 3.8) is 0 Å². The maximum atomic E-state index is 11.9. The van der Waals surface area contributed by atoms with Gasteiger partial charge in [-0.2, -0.15) is 0 Å². The van der Waals surface area contributed by atoms with E-state index in [-0.39, 0.29) is 0 Å². The van der Waals surface area contributed by atoms with Crippen molar-refractivity contribution in [2.75, 3.05) is 20.5 Å². The Morgan fingerprint density at radius 2 is 1.65 bits per heavy atom. The molecule has 0 aliphatic rings. The summed E-state index contributed by atoms with van der Waals surface area (Å²) in [5, 5.41) is 2.56. The lowest BCUT2D eigenvalue weighted by molar-refractivity contribution is -0.137. The number of ether oxygens (including phenoxy) is 2. The molecule has 102 valence electrons. The van der Waals surface area contributed by atoms with Gasteiger partial charge in [0, 0.05) is 20.5 Å². The topological polar surface area (TPSA) is 81.7 Å². The van der Waals surface area contributed by atoms with Crippen molar-refractivity contribution in [1.29, 1.82) is 0 Å². The average molecular weight is 267 g/mol. The van der Waals surface area contributed by atoms with Crippen LogP contribution in [0.1, 0.15) is 20.8 Å². The number of hydrogen-bond donors (Lipinski definition) is 1. The number of carbonyl (C=O) groups is 1. The molecule has 1 N–H and O–H groups in total. The number of methoxy groups -OCH3 is 2. The Bertz CT molecular complexity index is 359. The fourth-order valence-electron chi connectivity index (χ4n) is 1.12. The van der Waals surface area contributed by atoms with Crippen molar-refractivity contribution in [3.8, 4) is 0 Å². The van der Waals surface area contributed by atoms with Crippen molar-refractivity contribution in [2.24, 2.45) is 0 Å². The molecule has 0 fully saturated rings. The maximum Gasteiger partial charge on any atom is 0.241 e. The molecule has 0 aromatic rings. The van der Waals surface area contributed by atoms with Gasteiger partial charge in [0.05, 0.1) is 6.04 Å². The minimum atomic E-state index is -3.48. The van der Waals surface area contributed by atoms with Crippen LogP contribution >= 0.6 is 0 Å². The summed E-state index contributed by atoms with van der Waals surface area (Å²) < 4.78 is 31.4. The van der Waals surface area contributed by atoms with Gasteiger partial charge in [-0.1, -0.05) is 0 Å². The van der Waals surface area contributed by atoms with E-state index >= 15 is 0 Å². The predicted molar refractivity (Wildman–Crippen MR) is 64.3 cm³/mol. The third-order valence-corrected chi connectivity index (χ3v) is 4.74. The number of amides is 1. The lowest BCUT2D eigenvalue weighted by atomic mass is 10.1. The molecule has 0 aliphatic carbocycles. The summed E-state index contributed by atoms with van der Waals surface area (Å²) in [6, 6.07) is -0.446. The highest BCUT2D eigenvalue weighted by atomic mass is 32.2. The number of sulfone groups is 1. The molecule has 17 heavy (non-hydrogen) atoms. The Morgan fingerprint density at radius 3 is 1.94 bits per heavy atom. The van der Waals surface area contributed by atoms with Crippen molar-refractivity contribution < 1.29 is 22.7 Å². The molecular weight excluding hydrogens is 246 g/mol. The van der Waals surface area contributed by atoms with Crippen LogP contribution in [0.25, 0.3) is 0 Å². The van der Waals surface area contributed by atoms with E-state index < -0.39 is 32.8 Å². The van der Waals surface area contributed by atoms with Gasteiger partial charge in [0.25, 0.3) is 0 Å². The molecule has 0 saturated heterocycles. The van der Waals surface area contributed by atoms with Gasteiger partial charge >= 0.3 is 0 Å². The Hall–Kier alpha value is -0.660. The Labute approximate surface area is 103 Å². The number of carbonyl (C=O) groups excluding carboxylic acids is 1. The Balaban J connectivity index is 4.77. The highest BCUT2D eigenvalue weighted by Crippen LogP contribution is 2.15. The van der Waals surface area contributed by atoms with Gasteiger partial charge in [0.2, 0.25) is 5.91 Å². The van der Waals surface area contributed by atoms with E-state index in [9.17, 15) is 13.2 Å². The van der Waals surface area contributed by atoms with Crippen LogP contribution in [0, 0.1) is 0 Å². The first-order valence-electron chi connectivity index (χ1n) is 5.14. The molecular formula is C10H21NO5S. The third kappa shape index (κ3) is 3.93. The smallest absolute Gasteiger partial charge is 0.241 e. The number of rotatable bonds is 6. The fourth-order valence-corrected chi connectivity index (χ4v) is 1.52. The quantitative estimate of drug-likeness (QED) is 0.681. The summed E-state index contributed by atoms with van der Waals surface area (Å²) in [6.07, 6.45) is 0.413. The SMILES string of the molecule is COC(OC)C(C)NC(=O)C(C)(C)S(C)(=O)=O. The van der Waals surface area contributed by atoms with Crippen molar-refractivity contribution in [2.45, 2.75) is 37.9 Å². The first-order valence-corrected chi connectivity index (χ1v) is 7.03. The first kappa shape index (κ1) is 16.3. The van der Waals surface area contributed by atoms with Gasteiger partial charge in [-0.15, -0.1) is 0 Å². The van der Waals surface area contributed by atoms with E-state index in [2.05, 4.69) is 5.32 Å². The highest BCUT2D eigenvalue weighted by Gasteiger charge is 2.39.